The molecule has 0 spiro atoms. The minimum Gasteiger partial charge on any atom is -0.366 e. The van der Waals surface area contributed by atoms with E-state index in [-0.39, 0.29) is 0 Å². The highest BCUT2D eigenvalue weighted by Crippen LogP contribution is 2.08. The van der Waals surface area contributed by atoms with Crippen molar-refractivity contribution < 1.29 is 0 Å². The first kappa shape index (κ1) is 8.44. The van der Waals surface area contributed by atoms with E-state index in [1.54, 1.807) is 18.6 Å². The Morgan fingerprint density at radius 2 is 2.15 bits per heavy atom. The summed E-state index contributed by atoms with van der Waals surface area (Å²) in [4.78, 5) is 8.19. The zero-order chi connectivity index (χ0) is 8.93. The maximum atomic E-state index is 4.18. The highest BCUT2D eigenvalue weighted by atomic mass is 15.0. The van der Waals surface area contributed by atoms with Crippen LogP contribution in [0.15, 0.2) is 18.6 Å². The first-order valence-corrected chi connectivity index (χ1v) is 4.68. The van der Waals surface area contributed by atoms with Crippen LogP contribution in [0.1, 0.15) is 12.8 Å². The summed E-state index contributed by atoms with van der Waals surface area (Å²) in [7, 11) is 0. The molecule has 1 saturated heterocycles. The number of hydrogen-bond donors (Lipinski definition) is 2. The van der Waals surface area contributed by atoms with Gasteiger partial charge in [-0.1, -0.05) is 0 Å². The van der Waals surface area contributed by atoms with E-state index in [0.29, 0.717) is 6.04 Å². The Morgan fingerprint density at radius 3 is 2.85 bits per heavy atom. The molecule has 0 radical (unpaired) electrons. The standard InChI is InChI=1S/C9H14N4/c1-3-10-4-2-8(1)13-9-7-11-5-6-12-9/h5-8,10H,1-4H2,(H,12,13). The molecule has 70 valence electrons. The molecule has 0 aliphatic carbocycles. The Bertz CT molecular complexity index is 243. The number of nitrogens with zero attached hydrogens (tertiary/aromatic N) is 2. The highest BCUT2D eigenvalue weighted by Gasteiger charge is 2.12. The molecule has 4 heteroatoms. The van der Waals surface area contributed by atoms with E-state index in [9.17, 15) is 0 Å². The minimum absolute atomic E-state index is 0.554. The van der Waals surface area contributed by atoms with Gasteiger partial charge in [0.1, 0.15) is 5.82 Å². The van der Waals surface area contributed by atoms with Crippen LogP contribution in [-0.2, 0) is 0 Å². The fourth-order valence-electron chi connectivity index (χ4n) is 1.55. The first-order chi connectivity index (χ1) is 6.45. The number of nitrogens with one attached hydrogen (secondary N) is 2. The van der Waals surface area contributed by atoms with Crippen LogP contribution in [0.25, 0.3) is 0 Å². The molecule has 0 bridgehead atoms. The number of anilines is 1. The zero-order valence-corrected chi connectivity index (χ0v) is 7.53. The molecule has 2 rings (SSSR count). The zero-order valence-electron chi connectivity index (χ0n) is 7.53. The van der Waals surface area contributed by atoms with E-state index in [1.165, 1.54) is 0 Å². The molecule has 0 amide bonds. The largest absolute Gasteiger partial charge is 0.366 e. The lowest BCUT2D eigenvalue weighted by atomic mass is 10.1. The van der Waals surface area contributed by atoms with Crippen molar-refractivity contribution in [2.24, 2.45) is 0 Å². The predicted molar refractivity (Wildman–Crippen MR) is 51.5 cm³/mol. The van der Waals surface area contributed by atoms with Crippen molar-refractivity contribution >= 4 is 5.82 Å². The van der Waals surface area contributed by atoms with Crippen molar-refractivity contribution in [2.75, 3.05) is 18.4 Å². The lowest BCUT2D eigenvalue weighted by molar-refractivity contribution is 0.478. The van der Waals surface area contributed by atoms with E-state index < -0.39 is 0 Å². The van der Waals surface area contributed by atoms with Crippen LogP contribution in [-0.4, -0.2) is 29.1 Å². The summed E-state index contributed by atoms with van der Waals surface area (Å²) in [5.74, 6) is 0.884. The van der Waals surface area contributed by atoms with Gasteiger partial charge in [-0.15, -0.1) is 0 Å². The average molecular weight is 178 g/mol. The topological polar surface area (TPSA) is 49.8 Å². The maximum absolute atomic E-state index is 4.18. The van der Waals surface area contributed by atoms with Gasteiger partial charge < -0.3 is 10.6 Å². The molecule has 1 aromatic rings. The summed E-state index contributed by atoms with van der Waals surface area (Å²) in [6.45, 7) is 2.19. The summed E-state index contributed by atoms with van der Waals surface area (Å²) in [6, 6.07) is 0.554. The van der Waals surface area contributed by atoms with Crippen molar-refractivity contribution in [2.45, 2.75) is 18.9 Å². The molecular formula is C9H14N4. The quantitative estimate of drug-likeness (QED) is 0.697. The van der Waals surface area contributed by atoms with Crippen LogP contribution < -0.4 is 10.6 Å². The SMILES string of the molecule is c1cnc(NC2CCNCC2)cn1. The van der Waals surface area contributed by atoms with Gasteiger partial charge in [-0.2, -0.15) is 0 Å². The van der Waals surface area contributed by atoms with Crippen LogP contribution in [0.5, 0.6) is 0 Å². The second kappa shape index (κ2) is 4.18. The Labute approximate surface area is 77.8 Å². The Balaban J connectivity index is 1.90. The van der Waals surface area contributed by atoms with Gasteiger partial charge in [0.05, 0.1) is 6.20 Å². The Hall–Kier alpha value is -1.16. The van der Waals surface area contributed by atoms with Gasteiger partial charge in [0.2, 0.25) is 0 Å². The third-order valence-electron chi connectivity index (χ3n) is 2.25. The summed E-state index contributed by atoms with van der Waals surface area (Å²) in [6.07, 6.45) is 7.49. The molecule has 1 aliphatic rings. The average Bonchev–Trinajstić information content (AvgIpc) is 2.21. The lowest BCUT2D eigenvalue weighted by Gasteiger charge is -2.23. The summed E-state index contributed by atoms with van der Waals surface area (Å²) in [5, 5.41) is 6.69. The van der Waals surface area contributed by atoms with Gasteiger partial charge in [0, 0.05) is 18.4 Å². The minimum atomic E-state index is 0.554. The number of hydrogen-bond acceptors (Lipinski definition) is 4. The van der Waals surface area contributed by atoms with Crippen LogP contribution in [0, 0.1) is 0 Å². The van der Waals surface area contributed by atoms with E-state index in [2.05, 4.69) is 20.6 Å². The predicted octanol–water partition coefficient (Wildman–Crippen LogP) is 0.640. The van der Waals surface area contributed by atoms with E-state index in [0.717, 1.165) is 31.7 Å². The summed E-state index contributed by atoms with van der Waals surface area (Å²) >= 11 is 0. The fraction of sp³-hybridized carbons (Fsp3) is 0.556. The molecule has 1 fully saturated rings. The normalized spacial score (nSPS) is 18.5. The number of piperidine rings is 1. The Morgan fingerprint density at radius 1 is 1.31 bits per heavy atom. The molecule has 0 atom stereocenters. The molecular weight excluding hydrogens is 164 g/mol. The third kappa shape index (κ3) is 2.39. The monoisotopic (exact) mass is 178 g/mol. The smallest absolute Gasteiger partial charge is 0.144 e. The van der Waals surface area contributed by atoms with E-state index in [4.69, 9.17) is 0 Å². The molecule has 0 aromatic carbocycles. The molecule has 13 heavy (non-hydrogen) atoms. The van der Waals surface area contributed by atoms with Crippen LogP contribution in [0.4, 0.5) is 5.82 Å². The number of rotatable bonds is 2. The second-order valence-corrected chi connectivity index (χ2v) is 3.26. The molecule has 1 aromatic heterocycles. The molecule has 2 heterocycles. The van der Waals surface area contributed by atoms with Crippen molar-refractivity contribution in [3.8, 4) is 0 Å². The molecule has 2 N–H and O–H groups in total. The van der Waals surface area contributed by atoms with Gasteiger partial charge in [-0.3, -0.25) is 4.98 Å². The van der Waals surface area contributed by atoms with Crippen LogP contribution in [0.3, 0.4) is 0 Å². The molecule has 0 saturated carbocycles. The van der Waals surface area contributed by atoms with Crippen molar-refractivity contribution in [3.05, 3.63) is 18.6 Å². The van der Waals surface area contributed by atoms with Gasteiger partial charge in [0.15, 0.2) is 0 Å². The third-order valence-corrected chi connectivity index (χ3v) is 2.25. The van der Waals surface area contributed by atoms with Gasteiger partial charge in [0.25, 0.3) is 0 Å². The van der Waals surface area contributed by atoms with E-state index >= 15 is 0 Å². The highest BCUT2D eigenvalue weighted by molar-refractivity contribution is 5.31. The van der Waals surface area contributed by atoms with Crippen molar-refractivity contribution in [3.63, 3.8) is 0 Å². The molecule has 0 unspecified atom stereocenters. The van der Waals surface area contributed by atoms with Crippen LogP contribution >= 0.6 is 0 Å². The first-order valence-electron chi connectivity index (χ1n) is 4.68. The maximum Gasteiger partial charge on any atom is 0.144 e. The fourth-order valence-corrected chi connectivity index (χ4v) is 1.55. The molecule has 4 nitrogen and oxygen atoms in total. The number of aromatic nitrogens is 2. The van der Waals surface area contributed by atoms with Gasteiger partial charge in [-0.05, 0) is 25.9 Å². The van der Waals surface area contributed by atoms with Crippen molar-refractivity contribution in [1.82, 2.24) is 15.3 Å². The van der Waals surface area contributed by atoms with Gasteiger partial charge in [-0.25, -0.2) is 4.98 Å². The molecule has 1 aliphatic heterocycles. The Kier molecular flexibility index (Phi) is 2.72. The second-order valence-electron chi connectivity index (χ2n) is 3.26. The van der Waals surface area contributed by atoms with Crippen molar-refractivity contribution in [1.29, 1.82) is 0 Å². The summed E-state index contributed by atoms with van der Waals surface area (Å²) < 4.78 is 0. The summed E-state index contributed by atoms with van der Waals surface area (Å²) in [5.41, 5.74) is 0. The lowest BCUT2D eigenvalue weighted by Crippen LogP contribution is -2.35. The van der Waals surface area contributed by atoms with E-state index in [1.807, 2.05) is 0 Å². The van der Waals surface area contributed by atoms with Crippen LogP contribution in [0.2, 0.25) is 0 Å². The van der Waals surface area contributed by atoms with Gasteiger partial charge >= 0.3 is 0 Å².